The van der Waals surface area contributed by atoms with Crippen LogP contribution < -0.4 is 5.32 Å². The molecule has 3 heteroatoms. The van der Waals surface area contributed by atoms with Crippen molar-refractivity contribution >= 4 is 5.91 Å². The number of nitrogens with one attached hydrogen (secondary N) is 1. The van der Waals surface area contributed by atoms with Crippen LogP contribution in [0.4, 0.5) is 0 Å². The molecule has 22 heavy (non-hydrogen) atoms. The fraction of sp³-hybridized carbons (Fsp3) is 0.526. The standard InChI is InChI=1S/C19H26N2O/c22-19(14-16-6-4-5-7-16)20-18-10-12-21(13-11-18)15-17-8-2-1-3-9-17/h1-4,6,8-9,16,18H,5,7,10-15H2,(H,20,22). The van der Waals surface area contributed by atoms with Crippen molar-refractivity contribution in [3.05, 3.63) is 48.0 Å². The monoisotopic (exact) mass is 298 g/mol. The Morgan fingerprint density at radius 1 is 1.14 bits per heavy atom. The minimum Gasteiger partial charge on any atom is -0.353 e. The molecule has 1 aliphatic carbocycles. The third-order valence-corrected chi connectivity index (χ3v) is 4.76. The molecule has 0 saturated carbocycles. The Hall–Kier alpha value is -1.61. The Kier molecular flexibility index (Phi) is 5.28. The van der Waals surface area contributed by atoms with Gasteiger partial charge in [0.2, 0.25) is 5.91 Å². The van der Waals surface area contributed by atoms with Crippen molar-refractivity contribution in [3.63, 3.8) is 0 Å². The van der Waals surface area contributed by atoms with Crippen LogP contribution in [0.15, 0.2) is 42.5 Å². The van der Waals surface area contributed by atoms with Crippen LogP contribution in [-0.2, 0) is 11.3 Å². The average molecular weight is 298 g/mol. The summed E-state index contributed by atoms with van der Waals surface area (Å²) in [4.78, 5) is 14.6. The quantitative estimate of drug-likeness (QED) is 0.847. The van der Waals surface area contributed by atoms with Crippen molar-refractivity contribution in [2.24, 2.45) is 5.92 Å². The number of carbonyl (C=O) groups excluding carboxylic acids is 1. The maximum atomic E-state index is 12.1. The zero-order chi connectivity index (χ0) is 15.2. The van der Waals surface area contributed by atoms with Crippen molar-refractivity contribution in [1.29, 1.82) is 0 Å². The van der Waals surface area contributed by atoms with Crippen LogP contribution in [0.25, 0.3) is 0 Å². The molecule has 1 amide bonds. The molecule has 1 unspecified atom stereocenters. The van der Waals surface area contributed by atoms with Gasteiger partial charge in [-0.1, -0.05) is 42.5 Å². The summed E-state index contributed by atoms with van der Waals surface area (Å²) in [6.07, 6.45) is 9.47. The normalized spacial score (nSPS) is 22.8. The molecule has 1 saturated heterocycles. The highest BCUT2D eigenvalue weighted by Gasteiger charge is 2.22. The molecule has 0 radical (unpaired) electrons. The Balaban J connectivity index is 1.38. The average Bonchev–Trinajstić information content (AvgIpc) is 3.03. The zero-order valence-electron chi connectivity index (χ0n) is 13.2. The van der Waals surface area contributed by atoms with Gasteiger partial charge in [-0.25, -0.2) is 0 Å². The van der Waals surface area contributed by atoms with Gasteiger partial charge in [0.05, 0.1) is 0 Å². The second kappa shape index (κ2) is 7.59. The molecule has 2 aliphatic rings. The van der Waals surface area contributed by atoms with Crippen LogP contribution in [0.1, 0.15) is 37.7 Å². The summed E-state index contributed by atoms with van der Waals surface area (Å²) in [5.74, 6) is 0.705. The van der Waals surface area contributed by atoms with Gasteiger partial charge in [-0.15, -0.1) is 0 Å². The van der Waals surface area contributed by atoms with E-state index in [0.717, 1.165) is 45.3 Å². The molecule has 118 valence electrons. The van der Waals surface area contributed by atoms with Crippen LogP contribution in [0.2, 0.25) is 0 Å². The number of allylic oxidation sites excluding steroid dienone is 2. The molecule has 1 atom stereocenters. The zero-order valence-corrected chi connectivity index (χ0v) is 13.2. The maximum absolute atomic E-state index is 12.1. The van der Waals surface area contributed by atoms with Gasteiger partial charge in [-0.3, -0.25) is 9.69 Å². The summed E-state index contributed by atoms with van der Waals surface area (Å²) in [5.41, 5.74) is 1.37. The van der Waals surface area contributed by atoms with E-state index in [1.807, 2.05) is 0 Å². The molecule has 1 aromatic carbocycles. The van der Waals surface area contributed by atoms with Crippen molar-refractivity contribution in [2.75, 3.05) is 13.1 Å². The topological polar surface area (TPSA) is 32.3 Å². The number of piperidine rings is 1. The van der Waals surface area contributed by atoms with E-state index in [1.165, 1.54) is 5.56 Å². The molecule has 1 N–H and O–H groups in total. The third-order valence-electron chi connectivity index (χ3n) is 4.76. The largest absolute Gasteiger partial charge is 0.353 e. The minimum absolute atomic E-state index is 0.234. The molecule has 1 aliphatic heterocycles. The molecular formula is C19H26N2O. The first kappa shape index (κ1) is 15.3. The summed E-state index contributed by atoms with van der Waals surface area (Å²) in [6, 6.07) is 11.0. The van der Waals surface area contributed by atoms with Crippen molar-refractivity contribution in [3.8, 4) is 0 Å². The van der Waals surface area contributed by atoms with E-state index in [2.05, 4.69) is 52.7 Å². The number of nitrogens with zero attached hydrogens (tertiary/aromatic N) is 1. The number of hydrogen-bond acceptors (Lipinski definition) is 2. The predicted octanol–water partition coefficient (Wildman–Crippen LogP) is 3.12. The van der Waals surface area contributed by atoms with Gasteiger partial charge in [-0.2, -0.15) is 0 Å². The fourth-order valence-corrected chi connectivity index (χ4v) is 3.47. The highest BCUT2D eigenvalue weighted by Crippen LogP contribution is 2.20. The Morgan fingerprint density at radius 2 is 1.91 bits per heavy atom. The van der Waals surface area contributed by atoms with Crippen LogP contribution >= 0.6 is 0 Å². The van der Waals surface area contributed by atoms with E-state index in [-0.39, 0.29) is 5.91 Å². The highest BCUT2D eigenvalue weighted by molar-refractivity contribution is 5.76. The predicted molar refractivity (Wildman–Crippen MR) is 89.4 cm³/mol. The van der Waals surface area contributed by atoms with Gasteiger partial charge < -0.3 is 5.32 Å². The van der Waals surface area contributed by atoms with Crippen molar-refractivity contribution < 1.29 is 4.79 Å². The molecule has 3 rings (SSSR count). The highest BCUT2D eigenvalue weighted by atomic mass is 16.1. The van der Waals surface area contributed by atoms with E-state index in [9.17, 15) is 4.79 Å². The molecule has 1 fully saturated rings. The maximum Gasteiger partial charge on any atom is 0.220 e. The molecule has 0 spiro atoms. The number of carbonyl (C=O) groups is 1. The van der Waals surface area contributed by atoms with Gasteiger partial charge in [0.1, 0.15) is 0 Å². The van der Waals surface area contributed by atoms with E-state index < -0.39 is 0 Å². The SMILES string of the molecule is O=C(CC1C=CCC1)NC1CCN(Cc2ccccc2)CC1. The first-order valence-corrected chi connectivity index (χ1v) is 8.52. The number of likely N-dealkylation sites (tertiary alicyclic amines) is 1. The van der Waals surface area contributed by atoms with Gasteiger partial charge in [0.25, 0.3) is 0 Å². The smallest absolute Gasteiger partial charge is 0.220 e. The lowest BCUT2D eigenvalue weighted by Crippen LogP contribution is -2.44. The van der Waals surface area contributed by atoms with E-state index in [1.54, 1.807) is 0 Å². The lowest BCUT2D eigenvalue weighted by Gasteiger charge is -2.32. The third kappa shape index (κ3) is 4.44. The first-order chi connectivity index (χ1) is 10.8. The minimum atomic E-state index is 0.234. The molecule has 0 aromatic heterocycles. The van der Waals surface area contributed by atoms with Crippen LogP contribution in [-0.4, -0.2) is 29.9 Å². The number of hydrogen-bond donors (Lipinski definition) is 1. The molecule has 1 aromatic rings. The molecule has 3 nitrogen and oxygen atoms in total. The second-order valence-electron chi connectivity index (χ2n) is 6.57. The van der Waals surface area contributed by atoms with Crippen molar-refractivity contribution in [2.45, 2.75) is 44.7 Å². The Labute approximate surface area is 133 Å². The summed E-state index contributed by atoms with van der Waals surface area (Å²) in [7, 11) is 0. The van der Waals surface area contributed by atoms with Gasteiger partial charge in [0.15, 0.2) is 0 Å². The van der Waals surface area contributed by atoms with E-state index in [0.29, 0.717) is 18.4 Å². The second-order valence-corrected chi connectivity index (χ2v) is 6.57. The van der Waals surface area contributed by atoms with Gasteiger partial charge >= 0.3 is 0 Å². The number of rotatable bonds is 5. The van der Waals surface area contributed by atoms with Crippen LogP contribution in [0.3, 0.4) is 0 Å². The van der Waals surface area contributed by atoms with Gasteiger partial charge in [-0.05, 0) is 37.2 Å². The summed E-state index contributed by atoms with van der Waals surface area (Å²) in [5, 5.41) is 3.23. The summed E-state index contributed by atoms with van der Waals surface area (Å²) >= 11 is 0. The first-order valence-electron chi connectivity index (χ1n) is 8.52. The molecule has 0 bridgehead atoms. The molecule has 1 heterocycles. The summed E-state index contributed by atoms with van der Waals surface area (Å²) < 4.78 is 0. The Morgan fingerprint density at radius 3 is 2.59 bits per heavy atom. The Bertz CT molecular complexity index is 503. The summed E-state index contributed by atoms with van der Waals surface area (Å²) in [6.45, 7) is 3.17. The van der Waals surface area contributed by atoms with Gasteiger partial charge in [0, 0.05) is 32.1 Å². The lowest BCUT2D eigenvalue weighted by atomic mass is 10.0. The number of benzene rings is 1. The van der Waals surface area contributed by atoms with Crippen molar-refractivity contribution in [1.82, 2.24) is 10.2 Å². The molecular weight excluding hydrogens is 272 g/mol. The fourth-order valence-electron chi connectivity index (χ4n) is 3.47. The van der Waals surface area contributed by atoms with Crippen LogP contribution in [0, 0.1) is 5.92 Å². The van der Waals surface area contributed by atoms with Crippen LogP contribution in [0.5, 0.6) is 0 Å². The lowest BCUT2D eigenvalue weighted by molar-refractivity contribution is -0.122. The van der Waals surface area contributed by atoms with E-state index >= 15 is 0 Å². The number of amides is 1. The van der Waals surface area contributed by atoms with E-state index in [4.69, 9.17) is 0 Å².